The van der Waals surface area contributed by atoms with Gasteiger partial charge in [-0.2, -0.15) is 0 Å². The minimum absolute atomic E-state index is 0. The zero-order valence-corrected chi connectivity index (χ0v) is 24.2. The molecule has 0 amide bonds. The number of benzene rings is 4. The fourth-order valence-electron chi connectivity index (χ4n) is 4.00. The van der Waals surface area contributed by atoms with Crippen molar-refractivity contribution >= 4 is 23.8 Å². The minimum atomic E-state index is -0.877. The van der Waals surface area contributed by atoms with E-state index in [0.717, 1.165) is 0 Å². The molecule has 0 nitrogen and oxygen atoms in total. The standard InChI is InChI=1S/C18H15P.C12H18.C2H4.Ru/c1-4-10-16(11-5-1)19(17-12-6-2-7-13-17)18-14-8-3-9-15-18;1-7-8(2)10(4)12(6)11(5)9(7)3;1-2;/h1-15H;1-6H3;1-2H2;/q;;;+1/p+1. The third kappa shape index (κ3) is 7.33. The van der Waals surface area contributed by atoms with E-state index in [-0.39, 0.29) is 19.5 Å². The molecule has 0 bridgehead atoms. The van der Waals surface area contributed by atoms with Crippen molar-refractivity contribution in [1.29, 1.82) is 0 Å². The van der Waals surface area contributed by atoms with Gasteiger partial charge in [0.25, 0.3) is 0 Å². The maximum Gasteiger partial charge on any atom is 1.00 e. The van der Waals surface area contributed by atoms with E-state index in [1.165, 1.54) is 49.3 Å². The second-order valence-electron chi connectivity index (χ2n) is 8.22. The van der Waals surface area contributed by atoms with E-state index in [9.17, 15) is 0 Å². The summed E-state index contributed by atoms with van der Waals surface area (Å²) in [5.41, 5.74) is 8.73. The molecule has 0 aliphatic heterocycles. The Hall–Kier alpha value is -2.33. The molecule has 0 heterocycles. The largest absolute Gasteiger partial charge is 1.00 e. The van der Waals surface area contributed by atoms with Crippen molar-refractivity contribution in [2.75, 3.05) is 0 Å². The Morgan fingerprint density at radius 2 is 0.559 bits per heavy atom. The smallest absolute Gasteiger partial charge is 0.106 e. The Bertz CT molecular complexity index is 937. The van der Waals surface area contributed by atoms with Crippen LogP contribution >= 0.6 is 7.92 Å². The van der Waals surface area contributed by atoms with Gasteiger partial charge in [-0.15, -0.1) is 13.2 Å². The fraction of sp³-hybridized carbons (Fsp3) is 0.188. The minimum Gasteiger partial charge on any atom is -0.106 e. The van der Waals surface area contributed by atoms with Crippen LogP contribution in [0.1, 0.15) is 33.4 Å². The van der Waals surface area contributed by atoms with Gasteiger partial charge in [-0.3, -0.25) is 0 Å². The van der Waals surface area contributed by atoms with Crippen LogP contribution in [-0.2, 0) is 19.5 Å². The van der Waals surface area contributed by atoms with Crippen molar-refractivity contribution in [1.82, 2.24) is 0 Å². The molecule has 0 saturated carbocycles. The van der Waals surface area contributed by atoms with Crippen molar-refractivity contribution in [2.24, 2.45) is 0 Å². The van der Waals surface area contributed by atoms with Crippen molar-refractivity contribution in [3.05, 3.63) is 138 Å². The van der Waals surface area contributed by atoms with Crippen LogP contribution in [0.2, 0.25) is 0 Å². The third-order valence-corrected chi connectivity index (χ3v) is 9.29. The molecule has 4 rings (SSSR count). The van der Waals surface area contributed by atoms with Crippen molar-refractivity contribution in [3.8, 4) is 0 Å². The summed E-state index contributed by atoms with van der Waals surface area (Å²) in [5, 5.41) is 4.31. The monoisotopic (exact) mass is 555 g/mol. The Balaban J connectivity index is 0.000000336. The van der Waals surface area contributed by atoms with E-state index in [1.54, 1.807) is 0 Å². The van der Waals surface area contributed by atoms with Gasteiger partial charge in [0.2, 0.25) is 0 Å². The van der Waals surface area contributed by atoms with E-state index in [0.29, 0.717) is 0 Å². The molecule has 4 aromatic rings. The molecule has 0 fully saturated rings. The van der Waals surface area contributed by atoms with Crippen LogP contribution < -0.4 is 15.9 Å². The zero-order chi connectivity index (χ0) is 24.4. The number of rotatable bonds is 3. The molecule has 0 aliphatic rings. The molecule has 0 aliphatic carbocycles. The Morgan fingerprint density at radius 1 is 0.382 bits per heavy atom. The Morgan fingerprint density at radius 3 is 0.735 bits per heavy atom. The molecule has 0 unspecified atom stereocenters. The summed E-state index contributed by atoms with van der Waals surface area (Å²) in [4.78, 5) is 0. The second kappa shape index (κ2) is 14.8. The molecule has 0 N–H and O–H groups in total. The molecule has 0 aromatic heterocycles. The van der Waals surface area contributed by atoms with Crippen LogP contribution in [0.25, 0.3) is 0 Å². The Kier molecular flexibility index (Phi) is 13.0. The molecule has 0 atom stereocenters. The summed E-state index contributed by atoms with van der Waals surface area (Å²) in [6, 6.07) is 32.5. The molecule has 0 spiro atoms. The maximum atomic E-state index is 3.00. The van der Waals surface area contributed by atoms with E-state index in [1.807, 2.05) is 0 Å². The Labute approximate surface area is 221 Å². The molecule has 0 saturated heterocycles. The van der Waals surface area contributed by atoms with Gasteiger partial charge in [-0.05, 0) is 111 Å². The van der Waals surface area contributed by atoms with Gasteiger partial charge in [-0.1, -0.05) is 54.6 Å². The maximum absolute atomic E-state index is 3.00. The van der Waals surface area contributed by atoms with E-state index in [2.05, 4.69) is 146 Å². The van der Waals surface area contributed by atoms with Crippen LogP contribution in [0.15, 0.2) is 104 Å². The third-order valence-electron chi connectivity index (χ3n) is 6.56. The van der Waals surface area contributed by atoms with Gasteiger partial charge in [0, 0.05) is 0 Å². The summed E-state index contributed by atoms with van der Waals surface area (Å²) in [6.45, 7) is 19.3. The van der Waals surface area contributed by atoms with Crippen LogP contribution in [0.3, 0.4) is 0 Å². The molecular weight excluding hydrogens is 516 g/mol. The predicted molar refractivity (Wildman–Crippen MR) is 153 cm³/mol. The SMILES string of the molecule is C=C.Cc1c(C)c(C)c(C)c(C)c1C.[Ru+].c1ccc([PH+](c2ccccc2)c2ccccc2)cc1. The summed E-state index contributed by atoms with van der Waals surface area (Å²) < 4.78 is 0. The average molecular weight is 555 g/mol. The molecule has 34 heavy (non-hydrogen) atoms. The van der Waals surface area contributed by atoms with Gasteiger partial charge in [0.05, 0.1) is 7.92 Å². The van der Waals surface area contributed by atoms with Crippen LogP contribution in [0, 0.1) is 41.5 Å². The van der Waals surface area contributed by atoms with Gasteiger partial charge in [0.1, 0.15) is 15.9 Å². The summed E-state index contributed by atoms with van der Waals surface area (Å²) in [5.74, 6) is 0. The van der Waals surface area contributed by atoms with Gasteiger partial charge in [0.15, 0.2) is 0 Å². The topological polar surface area (TPSA) is 0 Å². The summed E-state index contributed by atoms with van der Waals surface area (Å²) in [6.07, 6.45) is 0. The number of hydrogen-bond donors (Lipinski definition) is 0. The first kappa shape index (κ1) is 29.7. The van der Waals surface area contributed by atoms with E-state index < -0.39 is 7.92 Å². The quantitative estimate of drug-likeness (QED) is 0.140. The first-order chi connectivity index (χ1) is 15.9. The van der Waals surface area contributed by atoms with E-state index in [4.69, 9.17) is 0 Å². The van der Waals surface area contributed by atoms with Crippen molar-refractivity contribution in [3.63, 3.8) is 0 Å². The van der Waals surface area contributed by atoms with Gasteiger partial charge in [-0.25, -0.2) is 0 Å². The first-order valence-electron chi connectivity index (χ1n) is 11.5. The predicted octanol–water partition coefficient (Wildman–Crippen LogP) is 7.51. The number of hydrogen-bond acceptors (Lipinski definition) is 0. The van der Waals surface area contributed by atoms with Crippen LogP contribution in [-0.4, -0.2) is 0 Å². The molecular formula is C32H38PRu+2. The second-order valence-corrected chi connectivity index (χ2v) is 10.7. The zero-order valence-electron chi connectivity index (χ0n) is 21.4. The first-order valence-corrected chi connectivity index (χ1v) is 13.0. The van der Waals surface area contributed by atoms with Crippen molar-refractivity contribution in [2.45, 2.75) is 41.5 Å². The van der Waals surface area contributed by atoms with E-state index >= 15 is 0 Å². The summed E-state index contributed by atoms with van der Waals surface area (Å²) in [7, 11) is -0.877. The molecule has 177 valence electrons. The van der Waals surface area contributed by atoms with Crippen LogP contribution in [0.4, 0.5) is 0 Å². The molecule has 2 heteroatoms. The van der Waals surface area contributed by atoms with Gasteiger partial charge < -0.3 is 0 Å². The van der Waals surface area contributed by atoms with Crippen molar-refractivity contribution < 1.29 is 19.5 Å². The average Bonchev–Trinajstić information content (AvgIpc) is 2.89. The van der Waals surface area contributed by atoms with Crippen LogP contribution in [0.5, 0.6) is 0 Å². The molecule has 1 radical (unpaired) electrons. The van der Waals surface area contributed by atoms with Gasteiger partial charge >= 0.3 is 19.5 Å². The summed E-state index contributed by atoms with van der Waals surface area (Å²) >= 11 is 0. The fourth-order valence-corrected chi connectivity index (χ4v) is 6.58. The normalized spacial score (nSPS) is 9.74. The molecule has 4 aromatic carbocycles.